The maximum Gasteiger partial charge on any atom is 0.306 e. The Morgan fingerprint density at radius 1 is 0.588 bits per heavy atom. The van der Waals surface area contributed by atoms with E-state index in [9.17, 15) is 35.1 Å². The summed E-state index contributed by atoms with van der Waals surface area (Å²) in [6.07, 6.45) is 45.4. The molecule has 1 rings (SSSR count). The van der Waals surface area contributed by atoms with Crippen LogP contribution in [0.5, 0.6) is 0 Å². The van der Waals surface area contributed by atoms with Crippen LogP contribution in [0.15, 0.2) is 72.9 Å². The van der Waals surface area contributed by atoms with Crippen LogP contribution in [0, 0.1) is 0 Å². The van der Waals surface area contributed by atoms with Crippen molar-refractivity contribution >= 4 is 11.9 Å². The minimum Gasteiger partial charge on any atom is -0.454 e. The number of aliphatic hydroxyl groups is 5. The van der Waals surface area contributed by atoms with Gasteiger partial charge in [0.2, 0.25) is 5.91 Å². The first kappa shape index (κ1) is 63.1. The lowest BCUT2D eigenvalue weighted by atomic mass is 9.99. The van der Waals surface area contributed by atoms with Crippen molar-refractivity contribution < 1.29 is 49.3 Å². The Balaban J connectivity index is 2.83. The van der Waals surface area contributed by atoms with E-state index in [1.165, 1.54) is 89.9 Å². The molecular weight excluding hydrogens is 859 g/mol. The van der Waals surface area contributed by atoms with Crippen molar-refractivity contribution in [3.63, 3.8) is 0 Å². The molecule has 8 unspecified atom stereocenters. The van der Waals surface area contributed by atoms with Gasteiger partial charge in [-0.05, 0) is 77.0 Å². The molecule has 0 radical (unpaired) electrons. The van der Waals surface area contributed by atoms with Crippen LogP contribution in [0.4, 0.5) is 0 Å². The molecule has 1 amide bonds. The molecule has 0 aliphatic carbocycles. The third-order valence-electron chi connectivity index (χ3n) is 12.4. The molecule has 1 fully saturated rings. The van der Waals surface area contributed by atoms with Crippen LogP contribution < -0.4 is 5.32 Å². The maximum atomic E-state index is 13.3. The predicted octanol–water partition coefficient (Wildman–Crippen LogP) is 11.7. The van der Waals surface area contributed by atoms with Crippen LogP contribution in [0.2, 0.25) is 0 Å². The summed E-state index contributed by atoms with van der Waals surface area (Å²) in [6.45, 7) is 5.59. The number of esters is 1. The number of ether oxygens (including phenoxy) is 3. The second-order valence-electron chi connectivity index (χ2n) is 18.6. The Bertz CT molecular complexity index is 1380. The van der Waals surface area contributed by atoms with E-state index in [-0.39, 0.29) is 19.4 Å². The fourth-order valence-electron chi connectivity index (χ4n) is 8.01. The molecule has 6 N–H and O–H groups in total. The van der Waals surface area contributed by atoms with E-state index in [1.54, 1.807) is 6.08 Å². The summed E-state index contributed by atoms with van der Waals surface area (Å²) in [7, 11) is 0. The van der Waals surface area contributed by atoms with Crippen molar-refractivity contribution in [2.24, 2.45) is 0 Å². The fourth-order valence-corrected chi connectivity index (χ4v) is 8.01. The van der Waals surface area contributed by atoms with Crippen molar-refractivity contribution in [1.82, 2.24) is 5.32 Å². The van der Waals surface area contributed by atoms with Crippen LogP contribution >= 0.6 is 0 Å². The molecule has 0 spiro atoms. The summed E-state index contributed by atoms with van der Waals surface area (Å²) in [4.78, 5) is 26.3. The summed E-state index contributed by atoms with van der Waals surface area (Å²) in [5.41, 5.74) is 0. The molecular formula is C57H99NO10. The van der Waals surface area contributed by atoms with E-state index in [0.717, 1.165) is 77.0 Å². The largest absolute Gasteiger partial charge is 0.454 e. The van der Waals surface area contributed by atoms with Crippen LogP contribution in [-0.2, 0) is 23.8 Å². The van der Waals surface area contributed by atoms with Crippen molar-refractivity contribution in [2.45, 2.75) is 262 Å². The van der Waals surface area contributed by atoms with Crippen LogP contribution in [0.1, 0.15) is 213 Å². The van der Waals surface area contributed by atoms with Crippen LogP contribution in [0.3, 0.4) is 0 Å². The Hall–Kier alpha value is -2.90. The van der Waals surface area contributed by atoms with Gasteiger partial charge in [-0.2, -0.15) is 0 Å². The lowest BCUT2D eigenvalue weighted by Crippen LogP contribution is -2.61. The van der Waals surface area contributed by atoms with Gasteiger partial charge in [0, 0.05) is 6.42 Å². The molecule has 1 saturated heterocycles. The average Bonchev–Trinajstić information content (AvgIpc) is 3.33. The van der Waals surface area contributed by atoms with Crippen molar-refractivity contribution in [3.8, 4) is 0 Å². The summed E-state index contributed by atoms with van der Waals surface area (Å²) < 4.78 is 17.4. The van der Waals surface area contributed by atoms with Gasteiger partial charge in [-0.3, -0.25) is 9.59 Å². The molecule has 1 aliphatic rings. The molecule has 0 bridgehead atoms. The van der Waals surface area contributed by atoms with E-state index in [1.807, 2.05) is 18.2 Å². The van der Waals surface area contributed by atoms with E-state index >= 15 is 0 Å². The highest BCUT2D eigenvalue weighted by molar-refractivity contribution is 5.80. The van der Waals surface area contributed by atoms with Crippen molar-refractivity contribution in [1.29, 1.82) is 0 Å². The third-order valence-corrected chi connectivity index (χ3v) is 12.4. The van der Waals surface area contributed by atoms with E-state index < -0.39 is 67.4 Å². The Morgan fingerprint density at radius 3 is 1.59 bits per heavy atom. The molecule has 68 heavy (non-hydrogen) atoms. The van der Waals surface area contributed by atoms with Gasteiger partial charge < -0.3 is 45.1 Å². The third kappa shape index (κ3) is 33.6. The number of aliphatic hydroxyl groups excluding tert-OH is 5. The second kappa shape index (κ2) is 45.3. The second-order valence-corrected chi connectivity index (χ2v) is 18.6. The zero-order chi connectivity index (χ0) is 49.7. The lowest BCUT2D eigenvalue weighted by molar-refractivity contribution is -0.305. The highest BCUT2D eigenvalue weighted by atomic mass is 16.7. The molecule has 1 heterocycles. The summed E-state index contributed by atoms with van der Waals surface area (Å²) >= 11 is 0. The molecule has 392 valence electrons. The predicted molar refractivity (Wildman–Crippen MR) is 278 cm³/mol. The standard InChI is InChI=1S/C57H99NO10/c1-4-7-10-13-16-19-22-25-28-31-34-37-40-43-49(60)48(58-56(65)50(61)44-41-38-35-32-29-26-23-20-17-14-11-8-5-2)47-66-57-55(54(64)53(63)51(46-59)67-57)68-52(62)45-42-39-36-33-30-27-24-21-18-15-12-9-6-3/h8,11,17,20,26-27,29-30,36,39-40,43,48-51,53-55,57,59-61,63-64H,4-7,9-10,12-16,18-19,21-25,28,31-35,37-38,41-42,44-47H2,1-3H3,(H,58,65)/b11-8+,20-17+,29-26+,30-27-,39-36+,43-40+. The number of unbranched alkanes of at least 4 members (excludes halogenated alkanes) is 20. The number of amides is 1. The quantitative estimate of drug-likeness (QED) is 0.0196. The molecule has 0 aromatic heterocycles. The SMILES string of the molecule is CC/C=C/C/C=C/C/C=C/CCCCCC(O)C(=O)NC(COC1OC(CO)C(O)C(O)C1OC(=O)CC/C=C/C/C=C\CCCCCCCC)C(O)/C=C/CCCCCCCCCCCCC. The first-order valence-electron chi connectivity index (χ1n) is 27.2. The number of carbonyl (C=O) groups excluding carboxylic acids is 2. The van der Waals surface area contributed by atoms with Crippen LogP contribution in [0.25, 0.3) is 0 Å². The number of nitrogens with one attached hydrogen (secondary N) is 1. The number of hydrogen-bond acceptors (Lipinski definition) is 10. The molecule has 0 aromatic carbocycles. The monoisotopic (exact) mass is 958 g/mol. The average molecular weight is 958 g/mol. The molecule has 8 atom stereocenters. The Morgan fingerprint density at radius 2 is 1.06 bits per heavy atom. The summed E-state index contributed by atoms with van der Waals surface area (Å²) in [5.74, 6) is -1.30. The van der Waals surface area contributed by atoms with E-state index in [4.69, 9.17) is 14.2 Å². The number of allylic oxidation sites excluding steroid dienone is 11. The van der Waals surface area contributed by atoms with Crippen LogP contribution in [-0.4, -0.2) is 99.6 Å². The van der Waals surface area contributed by atoms with E-state index in [2.05, 4.69) is 74.7 Å². The van der Waals surface area contributed by atoms with Gasteiger partial charge in [0.1, 0.15) is 24.4 Å². The van der Waals surface area contributed by atoms with Gasteiger partial charge in [0.15, 0.2) is 12.4 Å². The zero-order valence-electron chi connectivity index (χ0n) is 43.0. The molecule has 11 nitrogen and oxygen atoms in total. The maximum absolute atomic E-state index is 13.3. The minimum absolute atomic E-state index is 0.0123. The smallest absolute Gasteiger partial charge is 0.306 e. The van der Waals surface area contributed by atoms with Gasteiger partial charge in [-0.15, -0.1) is 0 Å². The summed E-state index contributed by atoms with van der Waals surface area (Å²) in [5, 5.41) is 56.6. The van der Waals surface area contributed by atoms with Gasteiger partial charge in [-0.1, -0.05) is 203 Å². The van der Waals surface area contributed by atoms with Gasteiger partial charge in [-0.25, -0.2) is 0 Å². The highest BCUT2D eigenvalue weighted by Crippen LogP contribution is 2.26. The molecule has 11 heteroatoms. The number of rotatable bonds is 44. The normalized spacial score (nSPS) is 20.5. The first-order valence-corrected chi connectivity index (χ1v) is 27.2. The Kier molecular flexibility index (Phi) is 42.0. The molecule has 0 saturated carbocycles. The van der Waals surface area contributed by atoms with Gasteiger partial charge >= 0.3 is 5.97 Å². The van der Waals surface area contributed by atoms with Crippen molar-refractivity contribution in [2.75, 3.05) is 13.2 Å². The minimum atomic E-state index is -1.64. The Labute approximate surface area is 413 Å². The van der Waals surface area contributed by atoms with E-state index in [0.29, 0.717) is 12.8 Å². The fraction of sp³-hybridized carbons (Fsp3) is 0.754. The zero-order valence-corrected chi connectivity index (χ0v) is 43.0. The first-order chi connectivity index (χ1) is 33.2. The van der Waals surface area contributed by atoms with Gasteiger partial charge in [0.05, 0.1) is 25.4 Å². The molecule has 1 aliphatic heterocycles. The topological polar surface area (TPSA) is 175 Å². The lowest BCUT2D eigenvalue weighted by Gasteiger charge is -2.41. The number of hydrogen-bond donors (Lipinski definition) is 6. The number of carbonyl (C=O) groups is 2. The molecule has 0 aromatic rings. The van der Waals surface area contributed by atoms with Crippen molar-refractivity contribution in [3.05, 3.63) is 72.9 Å². The summed E-state index contributed by atoms with van der Waals surface area (Å²) in [6, 6.07) is -1.05. The highest BCUT2D eigenvalue weighted by Gasteiger charge is 2.47. The van der Waals surface area contributed by atoms with Gasteiger partial charge in [0.25, 0.3) is 0 Å².